The van der Waals surface area contributed by atoms with Gasteiger partial charge < -0.3 is 14.4 Å². The zero-order valence-electron chi connectivity index (χ0n) is 16.6. The number of carbonyl (C=O) groups excluding carboxylic acids is 1. The Morgan fingerprint density at radius 1 is 1.10 bits per heavy atom. The molecule has 160 valence electrons. The Labute approximate surface area is 184 Å². The zero-order chi connectivity index (χ0) is 21.3. The third kappa shape index (κ3) is 4.41. The number of carbonyl (C=O) groups is 1. The number of ether oxygens (including phenoxy) is 2. The molecule has 2 aliphatic rings. The van der Waals surface area contributed by atoms with E-state index in [0.29, 0.717) is 21.7 Å². The predicted molar refractivity (Wildman–Crippen MR) is 116 cm³/mol. The van der Waals surface area contributed by atoms with Gasteiger partial charge in [-0.3, -0.25) is 9.52 Å². The Hall–Kier alpha value is -2.26. The van der Waals surface area contributed by atoms with Crippen molar-refractivity contribution >= 4 is 37.5 Å². The lowest BCUT2D eigenvalue weighted by molar-refractivity contribution is -0.142. The SMILES string of the molecule is Cc1ccc(NS(=O)(=O)c2ccc3c(c2)OC[C@@H](C(=O)N2CCCCC2)O3)c(Br)c1. The Kier molecular flexibility index (Phi) is 5.92. The van der Waals surface area contributed by atoms with Gasteiger partial charge in [-0.05, 0) is 71.9 Å². The van der Waals surface area contributed by atoms with Crippen LogP contribution in [0.3, 0.4) is 0 Å². The molecule has 2 aromatic carbocycles. The maximum absolute atomic E-state index is 12.8. The largest absolute Gasteiger partial charge is 0.485 e. The van der Waals surface area contributed by atoms with Gasteiger partial charge in [-0.15, -0.1) is 0 Å². The molecule has 1 N–H and O–H groups in total. The van der Waals surface area contributed by atoms with E-state index < -0.39 is 16.1 Å². The smallest absolute Gasteiger partial charge is 0.267 e. The molecule has 0 aromatic heterocycles. The molecule has 2 aromatic rings. The van der Waals surface area contributed by atoms with E-state index in [4.69, 9.17) is 9.47 Å². The number of amides is 1. The Bertz CT molecular complexity index is 1070. The second-order valence-corrected chi connectivity index (χ2v) is 10.0. The van der Waals surface area contributed by atoms with Crippen molar-refractivity contribution in [2.45, 2.75) is 37.2 Å². The number of sulfonamides is 1. The molecular formula is C21H23BrN2O5S. The van der Waals surface area contributed by atoms with Gasteiger partial charge in [-0.25, -0.2) is 8.42 Å². The van der Waals surface area contributed by atoms with E-state index >= 15 is 0 Å². The molecule has 1 saturated heterocycles. The molecule has 0 bridgehead atoms. The average Bonchev–Trinajstić information content (AvgIpc) is 2.75. The van der Waals surface area contributed by atoms with Crippen LogP contribution in [0, 0.1) is 6.92 Å². The highest BCUT2D eigenvalue weighted by Crippen LogP contribution is 2.35. The first-order chi connectivity index (χ1) is 14.3. The van der Waals surface area contributed by atoms with Crippen molar-refractivity contribution in [2.75, 3.05) is 24.4 Å². The molecule has 0 saturated carbocycles. The second kappa shape index (κ2) is 8.47. The third-order valence-electron chi connectivity index (χ3n) is 5.20. The zero-order valence-corrected chi connectivity index (χ0v) is 19.0. The number of hydrogen-bond acceptors (Lipinski definition) is 5. The maximum atomic E-state index is 12.8. The van der Waals surface area contributed by atoms with E-state index in [1.807, 2.05) is 24.0 Å². The highest BCUT2D eigenvalue weighted by molar-refractivity contribution is 9.10. The summed E-state index contributed by atoms with van der Waals surface area (Å²) in [7, 11) is -3.82. The van der Waals surface area contributed by atoms with Crippen LogP contribution in [-0.2, 0) is 14.8 Å². The first kappa shape index (κ1) is 21.0. The van der Waals surface area contributed by atoms with Crippen molar-refractivity contribution in [1.29, 1.82) is 0 Å². The van der Waals surface area contributed by atoms with Crippen LogP contribution in [0.2, 0.25) is 0 Å². The Balaban J connectivity index is 1.50. The number of aryl methyl sites for hydroxylation is 1. The van der Waals surface area contributed by atoms with E-state index in [9.17, 15) is 13.2 Å². The molecule has 0 radical (unpaired) electrons. The lowest BCUT2D eigenvalue weighted by Crippen LogP contribution is -2.48. The fourth-order valence-electron chi connectivity index (χ4n) is 3.56. The number of rotatable bonds is 4. The Morgan fingerprint density at radius 2 is 1.87 bits per heavy atom. The Morgan fingerprint density at radius 3 is 2.60 bits per heavy atom. The molecule has 30 heavy (non-hydrogen) atoms. The number of benzene rings is 2. The van der Waals surface area contributed by atoms with Gasteiger partial charge in [-0.1, -0.05) is 6.07 Å². The van der Waals surface area contributed by atoms with E-state index in [0.717, 1.165) is 37.9 Å². The van der Waals surface area contributed by atoms with Gasteiger partial charge in [0.15, 0.2) is 11.5 Å². The van der Waals surface area contributed by atoms with Crippen molar-refractivity contribution < 1.29 is 22.7 Å². The molecule has 0 unspecified atom stereocenters. The van der Waals surface area contributed by atoms with E-state index in [-0.39, 0.29) is 17.4 Å². The van der Waals surface area contributed by atoms with E-state index in [1.165, 1.54) is 18.2 Å². The minimum Gasteiger partial charge on any atom is -0.485 e. The van der Waals surface area contributed by atoms with Crippen LogP contribution in [0.25, 0.3) is 0 Å². The number of anilines is 1. The van der Waals surface area contributed by atoms with Gasteiger partial charge in [0.05, 0.1) is 10.6 Å². The fraction of sp³-hybridized carbons (Fsp3) is 0.381. The fourth-order valence-corrected chi connectivity index (χ4v) is 5.38. The van der Waals surface area contributed by atoms with Crippen LogP contribution in [-0.4, -0.2) is 45.0 Å². The van der Waals surface area contributed by atoms with Crippen molar-refractivity contribution in [1.82, 2.24) is 4.90 Å². The molecule has 0 aliphatic carbocycles. The minimum atomic E-state index is -3.82. The highest BCUT2D eigenvalue weighted by atomic mass is 79.9. The highest BCUT2D eigenvalue weighted by Gasteiger charge is 2.32. The second-order valence-electron chi connectivity index (χ2n) is 7.50. The predicted octanol–water partition coefficient (Wildman–Crippen LogP) is 3.71. The first-order valence-corrected chi connectivity index (χ1v) is 12.1. The number of fused-ring (bicyclic) bond motifs is 1. The maximum Gasteiger partial charge on any atom is 0.267 e. The third-order valence-corrected chi connectivity index (χ3v) is 7.22. The first-order valence-electron chi connectivity index (χ1n) is 9.85. The average molecular weight is 495 g/mol. The minimum absolute atomic E-state index is 0.0538. The topological polar surface area (TPSA) is 84.9 Å². The molecular weight excluding hydrogens is 472 g/mol. The van der Waals surface area contributed by atoms with Gasteiger partial charge >= 0.3 is 0 Å². The number of hydrogen-bond donors (Lipinski definition) is 1. The number of nitrogens with one attached hydrogen (secondary N) is 1. The molecule has 7 nitrogen and oxygen atoms in total. The molecule has 1 amide bonds. The van der Waals surface area contributed by atoms with Gasteiger partial charge in [-0.2, -0.15) is 0 Å². The summed E-state index contributed by atoms with van der Waals surface area (Å²) in [4.78, 5) is 14.5. The molecule has 2 heterocycles. The van der Waals surface area contributed by atoms with Crippen LogP contribution in [0.15, 0.2) is 45.8 Å². The molecule has 4 rings (SSSR count). The number of halogens is 1. The standard InChI is InChI=1S/C21H23BrN2O5S/c1-14-5-7-17(16(22)11-14)23-30(26,27)15-6-8-18-19(12-15)28-13-20(29-18)21(25)24-9-3-2-4-10-24/h5-8,11-12,20,23H,2-4,9-10,13H2,1H3/t20-/m0/s1. The summed E-state index contributed by atoms with van der Waals surface area (Å²) < 4.78 is 40.4. The summed E-state index contributed by atoms with van der Waals surface area (Å²) in [6.07, 6.45) is 2.43. The van der Waals surface area contributed by atoms with Gasteiger partial charge in [0.1, 0.15) is 6.61 Å². The van der Waals surface area contributed by atoms with E-state index in [2.05, 4.69) is 20.7 Å². The van der Waals surface area contributed by atoms with Crippen molar-refractivity contribution in [3.8, 4) is 11.5 Å². The van der Waals surface area contributed by atoms with Crippen molar-refractivity contribution in [3.05, 3.63) is 46.4 Å². The molecule has 0 spiro atoms. The van der Waals surface area contributed by atoms with Crippen LogP contribution in [0.4, 0.5) is 5.69 Å². The van der Waals surface area contributed by atoms with Crippen LogP contribution < -0.4 is 14.2 Å². The number of piperidine rings is 1. The van der Waals surface area contributed by atoms with Crippen LogP contribution in [0.5, 0.6) is 11.5 Å². The van der Waals surface area contributed by atoms with Gasteiger partial charge in [0.25, 0.3) is 15.9 Å². The normalized spacial score (nSPS) is 18.7. The lowest BCUT2D eigenvalue weighted by atomic mass is 10.1. The summed E-state index contributed by atoms with van der Waals surface area (Å²) in [6.45, 7) is 3.46. The summed E-state index contributed by atoms with van der Waals surface area (Å²) >= 11 is 3.38. The number of nitrogens with zero attached hydrogens (tertiary/aromatic N) is 1. The molecule has 2 aliphatic heterocycles. The summed E-state index contributed by atoms with van der Waals surface area (Å²) in [5.41, 5.74) is 1.46. The summed E-state index contributed by atoms with van der Waals surface area (Å²) in [6, 6.07) is 9.75. The molecule has 1 fully saturated rings. The molecule has 1 atom stereocenters. The van der Waals surface area contributed by atoms with Gasteiger partial charge in [0, 0.05) is 23.6 Å². The van der Waals surface area contributed by atoms with Gasteiger partial charge in [0.2, 0.25) is 6.10 Å². The van der Waals surface area contributed by atoms with Crippen molar-refractivity contribution in [3.63, 3.8) is 0 Å². The summed E-state index contributed by atoms with van der Waals surface area (Å²) in [5.74, 6) is 0.596. The molecule has 9 heteroatoms. The van der Waals surface area contributed by atoms with Crippen LogP contribution in [0.1, 0.15) is 24.8 Å². The number of likely N-dealkylation sites (tertiary alicyclic amines) is 1. The van der Waals surface area contributed by atoms with Crippen LogP contribution >= 0.6 is 15.9 Å². The lowest BCUT2D eigenvalue weighted by Gasteiger charge is -2.32. The van der Waals surface area contributed by atoms with Crippen molar-refractivity contribution in [2.24, 2.45) is 0 Å². The monoisotopic (exact) mass is 494 g/mol. The summed E-state index contributed by atoms with van der Waals surface area (Å²) in [5, 5.41) is 0. The quantitative estimate of drug-likeness (QED) is 0.699. The van der Waals surface area contributed by atoms with E-state index in [1.54, 1.807) is 6.07 Å².